The molecule has 2 unspecified atom stereocenters. The molecular weight excluding hydrogens is 234 g/mol. The summed E-state index contributed by atoms with van der Waals surface area (Å²) in [6.45, 7) is 3.73. The van der Waals surface area contributed by atoms with E-state index in [9.17, 15) is 4.21 Å². The Kier molecular flexibility index (Phi) is 4.47. The molecule has 1 aromatic heterocycles. The second-order valence-corrected chi connectivity index (χ2v) is 5.28. The van der Waals surface area contributed by atoms with Crippen molar-refractivity contribution in [3.05, 3.63) is 17.0 Å². The lowest BCUT2D eigenvalue weighted by molar-refractivity contribution is 0.683. The molecule has 1 N–H and O–H groups in total. The third-order valence-electron chi connectivity index (χ3n) is 1.69. The first-order valence-electron chi connectivity index (χ1n) is 4.55. The van der Waals surface area contributed by atoms with Crippen LogP contribution in [0.4, 0.5) is 5.82 Å². The van der Waals surface area contributed by atoms with E-state index in [1.807, 2.05) is 6.92 Å². The van der Waals surface area contributed by atoms with Gasteiger partial charge >= 0.3 is 0 Å². The third-order valence-corrected chi connectivity index (χ3v) is 2.85. The van der Waals surface area contributed by atoms with E-state index < -0.39 is 10.8 Å². The molecule has 0 bridgehead atoms. The molecule has 0 aliphatic rings. The number of hydrogen-bond donors (Lipinski definition) is 1. The maximum absolute atomic E-state index is 11.0. The number of anilines is 1. The Hall–Kier alpha value is -0.680. The number of hydrogen-bond acceptors (Lipinski definition) is 4. The monoisotopic (exact) mass is 247 g/mol. The molecule has 0 aliphatic heterocycles. The van der Waals surface area contributed by atoms with Crippen molar-refractivity contribution in [2.45, 2.75) is 19.9 Å². The van der Waals surface area contributed by atoms with E-state index in [1.54, 1.807) is 19.2 Å². The second kappa shape index (κ2) is 5.42. The largest absolute Gasteiger partial charge is 0.367 e. The Morgan fingerprint density at radius 3 is 2.80 bits per heavy atom. The summed E-state index contributed by atoms with van der Waals surface area (Å²) >= 11 is 5.79. The van der Waals surface area contributed by atoms with Crippen LogP contribution in [0, 0.1) is 6.92 Å². The fraction of sp³-hybridized carbons (Fsp3) is 0.556. The molecule has 84 valence electrons. The molecule has 0 aromatic carbocycles. The van der Waals surface area contributed by atoms with Gasteiger partial charge in [0.1, 0.15) is 16.8 Å². The summed E-state index contributed by atoms with van der Waals surface area (Å²) in [6.07, 6.45) is 1.68. The topological polar surface area (TPSA) is 54.9 Å². The molecule has 0 spiro atoms. The van der Waals surface area contributed by atoms with Gasteiger partial charge in [0.25, 0.3) is 0 Å². The van der Waals surface area contributed by atoms with Crippen molar-refractivity contribution >= 4 is 28.2 Å². The van der Waals surface area contributed by atoms with Crippen LogP contribution in [0.15, 0.2) is 6.07 Å². The van der Waals surface area contributed by atoms with Crippen molar-refractivity contribution in [3.63, 3.8) is 0 Å². The zero-order valence-corrected chi connectivity index (χ0v) is 10.5. The van der Waals surface area contributed by atoms with Crippen LogP contribution in [0.2, 0.25) is 5.15 Å². The van der Waals surface area contributed by atoms with Crippen LogP contribution in [0.5, 0.6) is 0 Å². The molecule has 0 radical (unpaired) electrons. The summed E-state index contributed by atoms with van der Waals surface area (Å²) in [5.41, 5.74) is 0. The summed E-state index contributed by atoms with van der Waals surface area (Å²) in [5, 5.41) is 3.54. The van der Waals surface area contributed by atoms with Crippen LogP contribution < -0.4 is 5.32 Å². The molecule has 0 saturated carbocycles. The van der Waals surface area contributed by atoms with Gasteiger partial charge in [0.15, 0.2) is 0 Å². The van der Waals surface area contributed by atoms with E-state index in [4.69, 9.17) is 11.6 Å². The van der Waals surface area contributed by atoms with Crippen LogP contribution in [0.1, 0.15) is 12.7 Å². The first-order valence-corrected chi connectivity index (χ1v) is 6.65. The Morgan fingerprint density at radius 1 is 1.60 bits per heavy atom. The number of rotatable bonds is 4. The van der Waals surface area contributed by atoms with Gasteiger partial charge in [-0.05, 0) is 13.8 Å². The van der Waals surface area contributed by atoms with Gasteiger partial charge < -0.3 is 5.32 Å². The van der Waals surface area contributed by atoms with Crippen LogP contribution in [-0.2, 0) is 10.8 Å². The molecule has 0 amide bonds. The minimum Gasteiger partial charge on any atom is -0.367 e. The first-order chi connectivity index (χ1) is 6.97. The Bertz CT molecular complexity index is 352. The van der Waals surface area contributed by atoms with Crippen LogP contribution in [0.25, 0.3) is 0 Å². The lowest BCUT2D eigenvalue weighted by atomic mass is 10.4. The molecular formula is C9H14ClN3OS. The fourth-order valence-electron chi connectivity index (χ4n) is 1.25. The second-order valence-electron chi connectivity index (χ2n) is 3.41. The minimum atomic E-state index is -0.819. The molecule has 4 nitrogen and oxygen atoms in total. The highest BCUT2D eigenvalue weighted by atomic mass is 35.5. The van der Waals surface area contributed by atoms with Crippen molar-refractivity contribution in [1.82, 2.24) is 9.97 Å². The van der Waals surface area contributed by atoms with Gasteiger partial charge in [-0.2, -0.15) is 0 Å². The van der Waals surface area contributed by atoms with Gasteiger partial charge in [-0.15, -0.1) is 0 Å². The van der Waals surface area contributed by atoms with Crippen molar-refractivity contribution in [2.75, 3.05) is 17.3 Å². The smallest absolute Gasteiger partial charge is 0.134 e. The minimum absolute atomic E-state index is 0.0983. The van der Waals surface area contributed by atoms with E-state index in [0.717, 1.165) is 0 Å². The molecule has 0 aliphatic carbocycles. The SMILES string of the molecule is Cc1nc(Cl)cc(NC(C)CS(C)=O)n1. The number of aromatic nitrogens is 2. The van der Waals surface area contributed by atoms with Gasteiger partial charge in [0.05, 0.1) is 0 Å². The van der Waals surface area contributed by atoms with E-state index >= 15 is 0 Å². The molecule has 6 heteroatoms. The van der Waals surface area contributed by atoms with Gasteiger partial charge in [0, 0.05) is 34.9 Å². The predicted molar refractivity (Wildman–Crippen MR) is 63.8 cm³/mol. The zero-order valence-electron chi connectivity index (χ0n) is 8.95. The van der Waals surface area contributed by atoms with Gasteiger partial charge in [-0.25, -0.2) is 9.97 Å². The normalized spacial score (nSPS) is 14.7. The number of nitrogens with one attached hydrogen (secondary N) is 1. The van der Waals surface area contributed by atoms with E-state index in [2.05, 4.69) is 15.3 Å². The highest BCUT2D eigenvalue weighted by molar-refractivity contribution is 7.84. The van der Waals surface area contributed by atoms with E-state index in [1.165, 1.54) is 0 Å². The standard InChI is InChI=1S/C9H14ClN3OS/c1-6(5-15(3)14)11-9-4-8(10)12-7(2)13-9/h4,6H,5H2,1-3H3,(H,11,12,13). The average molecular weight is 248 g/mol. The molecule has 2 atom stereocenters. The lowest BCUT2D eigenvalue weighted by Crippen LogP contribution is -2.23. The van der Waals surface area contributed by atoms with Crippen molar-refractivity contribution in [2.24, 2.45) is 0 Å². The Labute approximate surface area is 96.9 Å². The van der Waals surface area contributed by atoms with Crippen molar-refractivity contribution in [3.8, 4) is 0 Å². The highest BCUT2D eigenvalue weighted by Crippen LogP contribution is 2.12. The zero-order chi connectivity index (χ0) is 11.4. The Morgan fingerprint density at radius 2 is 2.27 bits per heavy atom. The number of halogens is 1. The summed E-state index contributed by atoms with van der Waals surface area (Å²) in [5.74, 6) is 1.88. The third kappa shape index (κ3) is 4.57. The quantitative estimate of drug-likeness (QED) is 0.822. The number of aryl methyl sites for hydroxylation is 1. The number of nitrogens with zero attached hydrogens (tertiary/aromatic N) is 2. The van der Waals surface area contributed by atoms with E-state index in [0.29, 0.717) is 22.5 Å². The Balaban J connectivity index is 2.67. The molecule has 1 aromatic rings. The van der Waals surface area contributed by atoms with Crippen LogP contribution in [-0.4, -0.2) is 32.2 Å². The fourth-order valence-corrected chi connectivity index (χ4v) is 2.26. The maximum Gasteiger partial charge on any atom is 0.134 e. The molecule has 0 saturated heterocycles. The molecule has 1 rings (SSSR count). The molecule has 15 heavy (non-hydrogen) atoms. The lowest BCUT2D eigenvalue weighted by Gasteiger charge is -2.13. The molecule has 1 heterocycles. The summed E-state index contributed by atoms with van der Waals surface area (Å²) in [4.78, 5) is 8.13. The summed E-state index contributed by atoms with van der Waals surface area (Å²) in [6, 6.07) is 1.75. The van der Waals surface area contributed by atoms with E-state index in [-0.39, 0.29) is 6.04 Å². The predicted octanol–water partition coefficient (Wildman–Crippen LogP) is 1.62. The molecule has 0 fully saturated rings. The summed E-state index contributed by atoms with van der Waals surface area (Å²) in [7, 11) is -0.819. The van der Waals surface area contributed by atoms with Crippen LogP contribution in [0.3, 0.4) is 0 Å². The van der Waals surface area contributed by atoms with Gasteiger partial charge in [0.2, 0.25) is 0 Å². The van der Waals surface area contributed by atoms with Crippen molar-refractivity contribution in [1.29, 1.82) is 0 Å². The van der Waals surface area contributed by atoms with Crippen LogP contribution >= 0.6 is 11.6 Å². The average Bonchev–Trinajstić information content (AvgIpc) is 1.98. The first kappa shape index (κ1) is 12.4. The summed E-state index contributed by atoms with van der Waals surface area (Å²) < 4.78 is 11.0. The van der Waals surface area contributed by atoms with Crippen molar-refractivity contribution < 1.29 is 4.21 Å². The highest BCUT2D eigenvalue weighted by Gasteiger charge is 2.06. The maximum atomic E-state index is 11.0. The van der Waals surface area contributed by atoms with Gasteiger partial charge in [-0.3, -0.25) is 4.21 Å². The van der Waals surface area contributed by atoms with Gasteiger partial charge in [-0.1, -0.05) is 11.6 Å².